The molecule has 0 aliphatic carbocycles. The van der Waals surface area contributed by atoms with Crippen LogP contribution < -0.4 is 0 Å². The van der Waals surface area contributed by atoms with E-state index in [4.69, 9.17) is 44.5 Å². The molecule has 0 radical (unpaired) electrons. The molecular formula is C18H36O17. The number of rotatable bonds is 6. The molecule has 14 N–H and O–H groups in total. The minimum atomic E-state index is -1.74. The molecule has 0 bridgehead atoms. The van der Waals surface area contributed by atoms with Crippen LogP contribution >= 0.6 is 0 Å². The summed E-state index contributed by atoms with van der Waals surface area (Å²) in [7, 11) is 0. The first-order valence-corrected chi connectivity index (χ1v) is 10.5. The maximum atomic E-state index is 9.78. The number of hydrogen-bond donors (Lipinski definition) is 12. The molecule has 0 aromatic heterocycles. The van der Waals surface area contributed by atoms with Gasteiger partial charge in [0.25, 0.3) is 0 Å². The molecule has 4 unspecified atom stereocenters. The maximum absolute atomic E-state index is 9.78. The van der Waals surface area contributed by atoms with E-state index in [9.17, 15) is 35.7 Å². The highest BCUT2D eigenvalue weighted by molar-refractivity contribution is 4.91. The average molecular weight is 524 g/mol. The van der Waals surface area contributed by atoms with Gasteiger partial charge in [0, 0.05) is 0 Å². The SMILES string of the molecule is O.OCC1OC(OC[C@H]2O[C@H](O)[C@H](O)[C@@H](O)C2O)[C@H](O)[C@@H](O)[C@H]1O.OCC1O[C@H](CO)[C@@H](O)[C@@H]1O. The molecule has 0 amide bonds. The molecule has 35 heavy (non-hydrogen) atoms. The Balaban J connectivity index is 0.000000430. The van der Waals surface area contributed by atoms with Gasteiger partial charge in [-0.25, -0.2) is 0 Å². The zero-order chi connectivity index (χ0) is 25.7. The molecule has 0 aromatic carbocycles. The van der Waals surface area contributed by atoms with Gasteiger partial charge in [0.1, 0.15) is 73.2 Å². The molecule has 3 saturated heterocycles. The lowest BCUT2D eigenvalue weighted by Crippen LogP contribution is -2.61. The van der Waals surface area contributed by atoms with E-state index < -0.39 is 99.0 Å². The van der Waals surface area contributed by atoms with Crippen molar-refractivity contribution in [3.05, 3.63) is 0 Å². The molecule has 17 heteroatoms. The summed E-state index contributed by atoms with van der Waals surface area (Å²) in [5, 5.41) is 112. The molecule has 14 atom stereocenters. The van der Waals surface area contributed by atoms with Gasteiger partial charge < -0.3 is 85.7 Å². The lowest BCUT2D eigenvalue weighted by atomic mass is 9.98. The van der Waals surface area contributed by atoms with Crippen LogP contribution in [0, 0.1) is 0 Å². The van der Waals surface area contributed by atoms with Crippen molar-refractivity contribution in [2.24, 2.45) is 0 Å². The van der Waals surface area contributed by atoms with Crippen molar-refractivity contribution >= 4 is 0 Å². The largest absolute Gasteiger partial charge is 0.412 e. The standard InChI is InChI=1S/C12H22O11.C6H12O5.H2O/c13-1-3-5(14)8(17)10(19)12(23-3)21-2-4-6(15)7(16)9(18)11(20)22-4;7-1-3-5(9)6(10)4(2-8)11-3;/h3-20H,1-2H2;3-10H,1-2H2;1H2/t3?,4-,5+,6?,7+,8+,9-,10-,11+,12?;3-,4?,5-,6-;/m11./s1. The normalized spacial score (nSPS) is 48.0. The average Bonchev–Trinajstić information content (AvgIpc) is 3.12. The fraction of sp³-hybridized carbons (Fsp3) is 1.00. The zero-order valence-corrected chi connectivity index (χ0v) is 18.4. The smallest absolute Gasteiger partial charge is 0.186 e. The first-order chi connectivity index (χ1) is 16.0. The van der Waals surface area contributed by atoms with E-state index >= 15 is 0 Å². The maximum Gasteiger partial charge on any atom is 0.186 e. The molecule has 3 aliphatic heterocycles. The molecule has 3 fully saturated rings. The number of aliphatic hydroxyl groups is 12. The highest BCUT2D eigenvalue weighted by Gasteiger charge is 2.47. The number of hydrogen-bond acceptors (Lipinski definition) is 16. The Morgan fingerprint density at radius 3 is 1.31 bits per heavy atom. The minimum Gasteiger partial charge on any atom is -0.412 e. The molecule has 3 aliphatic rings. The van der Waals surface area contributed by atoms with Crippen molar-refractivity contribution < 1.29 is 85.7 Å². The second-order valence-electron chi connectivity index (χ2n) is 8.13. The second-order valence-corrected chi connectivity index (χ2v) is 8.13. The van der Waals surface area contributed by atoms with E-state index in [0.717, 1.165) is 0 Å². The highest BCUT2D eigenvalue weighted by Crippen LogP contribution is 2.25. The van der Waals surface area contributed by atoms with E-state index in [1.54, 1.807) is 0 Å². The van der Waals surface area contributed by atoms with Crippen LogP contribution in [0.15, 0.2) is 0 Å². The van der Waals surface area contributed by atoms with Crippen molar-refractivity contribution in [1.29, 1.82) is 0 Å². The van der Waals surface area contributed by atoms with E-state index in [0.29, 0.717) is 0 Å². The van der Waals surface area contributed by atoms with Crippen molar-refractivity contribution in [1.82, 2.24) is 0 Å². The molecule has 0 saturated carbocycles. The zero-order valence-electron chi connectivity index (χ0n) is 18.4. The van der Waals surface area contributed by atoms with Crippen molar-refractivity contribution in [2.75, 3.05) is 26.4 Å². The summed E-state index contributed by atoms with van der Waals surface area (Å²) < 4.78 is 20.0. The summed E-state index contributed by atoms with van der Waals surface area (Å²) in [4.78, 5) is 0. The van der Waals surface area contributed by atoms with Crippen LogP contribution in [0.2, 0.25) is 0 Å². The van der Waals surface area contributed by atoms with Crippen LogP contribution in [-0.2, 0) is 18.9 Å². The van der Waals surface area contributed by atoms with Crippen molar-refractivity contribution in [2.45, 2.75) is 85.8 Å². The Morgan fingerprint density at radius 2 is 0.857 bits per heavy atom. The molecule has 17 nitrogen and oxygen atoms in total. The number of aliphatic hydroxyl groups excluding tert-OH is 12. The van der Waals surface area contributed by atoms with Crippen LogP contribution in [-0.4, -0.2) is 179 Å². The van der Waals surface area contributed by atoms with Gasteiger partial charge in [-0.05, 0) is 0 Å². The molecule has 0 aromatic rings. The van der Waals surface area contributed by atoms with Gasteiger partial charge in [0.05, 0.1) is 26.4 Å². The lowest BCUT2D eigenvalue weighted by molar-refractivity contribution is -0.325. The van der Waals surface area contributed by atoms with Crippen LogP contribution in [0.1, 0.15) is 0 Å². The fourth-order valence-electron chi connectivity index (χ4n) is 3.59. The Labute approximate surface area is 198 Å². The van der Waals surface area contributed by atoms with Crippen molar-refractivity contribution in [3.8, 4) is 0 Å². The van der Waals surface area contributed by atoms with Crippen molar-refractivity contribution in [3.63, 3.8) is 0 Å². The second kappa shape index (κ2) is 14.3. The summed E-state index contributed by atoms with van der Waals surface area (Å²) >= 11 is 0. The fourth-order valence-corrected chi connectivity index (χ4v) is 3.59. The molecule has 3 rings (SSSR count). The Hall–Kier alpha value is -0.680. The van der Waals surface area contributed by atoms with Crippen LogP contribution in [0.25, 0.3) is 0 Å². The summed E-state index contributed by atoms with van der Waals surface area (Å²) in [5.41, 5.74) is 0. The summed E-state index contributed by atoms with van der Waals surface area (Å²) in [6.07, 6.45) is -19.0. The topological polar surface area (TPSA) is 311 Å². The monoisotopic (exact) mass is 524 g/mol. The van der Waals surface area contributed by atoms with Crippen LogP contribution in [0.3, 0.4) is 0 Å². The van der Waals surface area contributed by atoms with Crippen LogP contribution in [0.5, 0.6) is 0 Å². The Kier molecular flexibility index (Phi) is 13.2. The highest BCUT2D eigenvalue weighted by atomic mass is 16.7. The first kappa shape index (κ1) is 32.3. The molecule has 3 heterocycles. The van der Waals surface area contributed by atoms with Gasteiger partial charge in [0.15, 0.2) is 12.6 Å². The lowest BCUT2D eigenvalue weighted by Gasteiger charge is -2.41. The van der Waals surface area contributed by atoms with E-state index in [1.807, 2.05) is 0 Å². The summed E-state index contributed by atoms with van der Waals surface area (Å²) in [6, 6.07) is 0. The predicted octanol–water partition coefficient (Wildman–Crippen LogP) is -8.76. The molecular weight excluding hydrogens is 488 g/mol. The van der Waals surface area contributed by atoms with Gasteiger partial charge in [-0.2, -0.15) is 0 Å². The third-order valence-corrected chi connectivity index (χ3v) is 5.78. The van der Waals surface area contributed by atoms with Crippen LogP contribution in [0.4, 0.5) is 0 Å². The van der Waals surface area contributed by atoms with E-state index in [2.05, 4.69) is 0 Å². The summed E-state index contributed by atoms with van der Waals surface area (Å²) in [6.45, 7) is -1.80. The van der Waals surface area contributed by atoms with E-state index in [-0.39, 0.29) is 18.7 Å². The van der Waals surface area contributed by atoms with Gasteiger partial charge >= 0.3 is 0 Å². The summed E-state index contributed by atoms with van der Waals surface area (Å²) in [5.74, 6) is 0. The third kappa shape index (κ3) is 7.43. The van der Waals surface area contributed by atoms with Gasteiger partial charge in [-0.3, -0.25) is 0 Å². The Bertz CT molecular complexity index is 579. The van der Waals surface area contributed by atoms with Gasteiger partial charge in [-0.15, -0.1) is 0 Å². The van der Waals surface area contributed by atoms with Gasteiger partial charge in [0.2, 0.25) is 0 Å². The third-order valence-electron chi connectivity index (χ3n) is 5.78. The number of ether oxygens (including phenoxy) is 4. The quantitative estimate of drug-likeness (QED) is 0.153. The minimum absolute atomic E-state index is 0. The first-order valence-electron chi connectivity index (χ1n) is 10.5. The molecule has 210 valence electrons. The van der Waals surface area contributed by atoms with E-state index in [1.165, 1.54) is 0 Å². The van der Waals surface area contributed by atoms with Gasteiger partial charge in [-0.1, -0.05) is 0 Å². The molecule has 0 spiro atoms. The Morgan fingerprint density at radius 1 is 0.457 bits per heavy atom. The predicted molar refractivity (Wildman–Crippen MR) is 107 cm³/mol.